The second-order valence-corrected chi connectivity index (χ2v) is 4.34. The van der Waals surface area contributed by atoms with Gasteiger partial charge in [-0.15, -0.1) is 12.4 Å². The van der Waals surface area contributed by atoms with Gasteiger partial charge in [0, 0.05) is 0 Å². The maximum absolute atomic E-state index is 8.50. The minimum absolute atomic E-state index is 0. The summed E-state index contributed by atoms with van der Waals surface area (Å²) in [4.78, 5) is 0. The van der Waals surface area contributed by atoms with Gasteiger partial charge in [0.15, 0.2) is 0 Å². The van der Waals surface area contributed by atoms with Crippen molar-refractivity contribution in [2.45, 2.75) is 71.1 Å². The van der Waals surface area contributed by atoms with E-state index in [2.05, 4.69) is 12.2 Å². The molecule has 2 nitrogen and oxygen atoms in total. The molecule has 0 heterocycles. The average Bonchev–Trinajstić information content (AvgIpc) is 2.26. The molecule has 0 amide bonds. The van der Waals surface area contributed by atoms with Crippen molar-refractivity contribution in [2.75, 3.05) is 13.3 Å². The quantitative estimate of drug-likeness (QED) is 0.408. The molecule has 0 rings (SSSR count). The number of hydrogen-bond donors (Lipinski definition) is 2. The highest BCUT2D eigenvalue weighted by Gasteiger charge is 1.92. The number of nitrogens with one attached hydrogen (secondary N) is 1. The first-order chi connectivity index (χ1) is 7.41. The molecule has 2 N–H and O–H groups in total. The summed E-state index contributed by atoms with van der Waals surface area (Å²) in [5, 5.41) is 11.4. The molecule has 0 aliphatic heterocycles. The maximum Gasteiger partial charge on any atom is 0.0931 e. The summed E-state index contributed by atoms with van der Waals surface area (Å²) < 4.78 is 0. The molecule has 0 aromatic heterocycles. The van der Waals surface area contributed by atoms with Crippen LogP contribution in [0.2, 0.25) is 0 Å². The Morgan fingerprint density at radius 3 is 1.62 bits per heavy atom. The minimum atomic E-state index is 0. The maximum atomic E-state index is 8.50. The standard InChI is InChI=1S/C13H29NO.ClH/c1-2-3-4-5-6-7-8-9-10-11-12-14-13-15;/h14-15H,2-13H2,1H3;1H. The molecule has 0 aromatic carbocycles. The van der Waals surface area contributed by atoms with E-state index in [1.165, 1.54) is 64.2 Å². The Morgan fingerprint density at radius 2 is 1.19 bits per heavy atom. The number of aliphatic hydroxyl groups is 1. The van der Waals surface area contributed by atoms with E-state index in [0.717, 1.165) is 6.54 Å². The third-order valence-corrected chi connectivity index (χ3v) is 2.82. The predicted molar refractivity (Wildman–Crippen MR) is 74.2 cm³/mol. The van der Waals surface area contributed by atoms with Crippen LogP contribution in [-0.2, 0) is 0 Å². The zero-order valence-electron chi connectivity index (χ0n) is 10.8. The van der Waals surface area contributed by atoms with Gasteiger partial charge in [0.05, 0.1) is 6.73 Å². The van der Waals surface area contributed by atoms with Gasteiger partial charge in [-0.05, 0) is 13.0 Å². The van der Waals surface area contributed by atoms with E-state index in [1.54, 1.807) is 0 Å². The fourth-order valence-electron chi connectivity index (χ4n) is 1.82. The van der Waals surface area contributed by atoms with Gasteiger partial charge < -0.3 is 5.11 Å². The molecule has 100 valence electrons. The Hall–Kier alpha value is 0.210. The lowest BCUT2D eigenvalue weighted by Gasteiger charge is -2.02. The number of unbranched alkanes of at least 4 members (excludes halogenated alkanes) is 9. The second kappa shape index (κ2) is 17.6. The van der Waals surface area contributed by atoms with Gasteiger partial charge >= 0.3 is 0 Å². The summed E-state index contributed by atoms with van der Waals surface area (Å²) in [5.74, 6) is 0. The molecule has 0 spiro atoms. The molecule has 0 unspecified atom stereocenters. The summed E-state index contributed by atoms with van der Waals surface area (Å²) in [5.41, 5.74) is 0. The molecule has 3 heteroatoms. The van der Waals surface area contributed by atoms with Gasteiger partial charge in [0.25, 0.3) is 0 Å². The van der Waals surface area contributed by atoms with Crippen molar-refractivity contribution in [3.05, 3.63) is 0 Å². The predicted octanol–water partition coefficient (Wildman–Crippen LogP) is 3.87. The zero-order chi connectivity index (χ0) is 11.2. The first-order valence-electron chi connectivity index (χ1n) is 6.73. The van der Waals surface area contributed by atoms with Crippen LogP contribution >= 0.6 is 12.4 Å². The Morgan fingerprint density at radius 1 is 0.750 bits per heavy atom. The van der Waals surface area contributed by atoms with Crippen LogP contribution in [0.3, 0.4) is 0 Å². The van der Waals surface area contributed by atoms with Gasteiger partial charge in [0.2, 0.25) is 0 Å². The highest BCUT2D eigenvalue weighted by Crippen LogP contribution is 2.10. The van der Waals surface area contributed by atoms with Crippen LogP contribution < -0.4 is 5.32 Å². The lowest BCUT2D eigenvalue weighted by atomic mass is 10.1. The van der Waals surface area contributed by atoms with E-state index in [-0.39, 0.29) is 19.1 Å². The molecule has 0 radical (unpaired) electrons. The van der Waals surface area contributed by atoms with E-state index >= 15 is 0 Å². The molecule has 0 aliphatic carbocycles. The topological polar surface area (TPSA) is 32.3 Å². The highest BCUT2D eigenvalue weighted by molar-refractivity contribution is 5.85. The van der Waals surface area contributed by atoms with Crippen LogP contribution in [0.4, 0.5) is 0 Å². The van der Waals surface area contributed by atoms with Crippen LogP contribution in [-0.4, -0.2) is 18.4 Å². The van der Waals surface area contributed by atoms with Crippen molar-refractivity contribution < 1.29 is 5.11 Å². The molecular weight excluding hydrogens is 222 g/mol. The van der Waals surface area contributed by atoms with Crippen LogP contribution in [0.15, 0.2) is 0 Å². The van der Waals surface area contributed by atoms with E-state index in [0.29, 0.717) is 0 Å². The molecular formula is C13H30ClNO. The number of halogens is 1. The van der Waals surface area contributed by atoms with Gasteiger partial charge in [0.1, 0.15) is 0 Å². The minimum Gasteiger partial charge on any atom is -0.381 e. The summed E-state index contributed by atoms with van der Waals surface area (Å²) in [6, 6.07) is 0. The first kappa shape index (κ1) is 18.6. The lowest BCUT2D eigenvalue weighted by molar-refractivity contribution is 0.260. The summed E-state index contributed by atoms with van der Waals surface area (Å²) >= 11 is 0. The number of aliphatic hydroxyl groups excluding tert-OH is 1. The van der Waals surface area contributed by atoms with Crippen molar-refractivity contribution >= 4 is 12.4 Å². The number of rotatable bonds is 12. The Kier molecular flexibility index (Phi) is 20.4. The van der Waals surface area contributed by atoms with Crippen LogP contribution in [0, 0.1) is 0 Å². The SMILES string of the molecule is CCCCCCCCCCCCNCO.Cl. The van der Waals surface area contributed by atoms with Crippen LogP contribution in [0.25, 0.3) is 0 Å². The zero-order valence-corrected chi connectivity index (χ0v) is 11.7. The van der Waals surface area contributed by atoms with Gasteiger partial charge in [-0.2, -0.15) is 0 Å². The Bertz CT molecular complexity index is 100. The van der Waals surface area contributed by atoms with E-state index in [1.807, 2.05) is 0 Å². The normalized spacial score (nSPS) is 10.1. The van der Waals surface area contributed by atoms with E-state index in [9.17, 15) is 0 Å². The second-order valence-electron chi connectivity index (χ2n) is 4.34. The summed E-state index contributed by atoms with van der Waals surface area (Å²) in [7, 11) is 0. The molecule has 0 saturated heterocycles. The summed E-state index contributed by atoms with van der Waals surface area (Å²) in [6.07, 6.45) is 13.7. The highest BCUT2D eigenvalue weighted by atomic mass is 35.5. The lowest BCUT2D eigenvalue weighted by Crippen LogP contribution is -2.15. The third kappa shape index (κ3) is 16.6. The molecule has 0 saturated carbocycles. The first-order valence-corrected chi connectivity index (χ1v) is 6.73. The van der Waals surface area contributed by atoms with Gasteiger partial charge in [-0.1, -0.05) is 64.7 Å². The molecule has 16 heavy (non-hydrogen) atoms. The molecule has 0 bridgehead atoms. The molecule has 0 atom stereocenters. The average molecular weight is 252 g/mol. The molecule has 0 aliphatic rings. The molecule has 0 aromatic rings. The third-order valence-electron chi connectivity index (χ3n) is 2.82. The van der Waals surface area contributed by atoms with E-state index < -0.39 is 0 Å². The fraction of sp³-hybridized carbons (Fsp3) is 1.00. The van der Waals surface area contributed by atoms with Crippen LogP contribution in [0.5, 0.6) is 0 Å². The molecule has 0 fully saturated rings. The van der Waals surface area contributed by atoms with Gasteiger partial charge in [-0.3, -0.25) is 5.32 Å². The Balaban J connectivity index is 0. The van der Waals surface area contributed by atoms with Crippen molar-refractivity contribution in [3.63, 3.8) is 0 Å². The van der Waals surface area contributed by atoms with Crippen molar-refractivity contribution in [3.8, 4) is 0 Å². The van der Waals surface area contributed by atoms with Crippen molar-refractivity contribution in [2.24, 2.45) is 0 Å². The monoisotopic (exact) mass is 251 g/mol. The number of hydrogen-bond acceptors (Lipinski definition) is 2. The fourth-order valence-corrected chi connectivity index (χ4v) is 1.82. The Labute approximate surface area is 108 Å². The van der Waals surface area contributed by atoms with Crippen molar-refractivity contribution in [1.82, 2.24) is 5.32 Å². The van der Waals surface area contributed by atoms with E-state index in [4.69, 9.17) is 5.11 Å². The largest absolute Gasteiger partial charge is 0.381 e. The van der Waals surface area contributed by atoms with Gasteiger partial charge in [-0.25, -0.2) is 0 Å². The smallest absolute Gasteiger partial charge is 0.0931 e. The summed E-state index contributed by atoms with van der Waals surface area (Å²) in [6.45, 7) is 3.35. The van der Waals surface area contributed by atoms with Crippen LogP contribution in [0.1, 0.15) is 71.1 Å². The van der Waals surface area contributed by atoms with Crippen molar-refractivity contribution in [1.29, 1.82) is 0 Å².